The molecule has 0 saturated heterocycles. The van der Waals surface area contributed by atoms with Gasteiger partial charge in [-0.15, -0.1) is 0 Å². The predicted molar refractivity (Wildman–Crippen MR) is 96.9 cm³/mol. The van der Waals surface area contributed by atoms with E-state index >= 15 is 0 Å². The SMILES string of the molecule is Cc1cccc(NC(=O)[C@H](C)Sc2ccc3ccccc3n2)c1. The van der Waals surface area contributed by atoms with Crippen LogP contribution in [0.25, 0.3) is 10.9 Å². The lowest BCUT2D eigenvalue weighted by molar-refractivity contribution is -0.115. The van der Waals surface area contributed by atoms with Crippen molar-refractivity contribution in [2.45, 2.75) is 24.1 Å². The third-order valence-electron chi connectivity index (χ3n) is 3.53. The quantitative estimate of drug-likeness (QED) is 0.710. The summed E-state index contributed by atoms with van der Waals surface area (Å²) in [6.45, 7) is 3.90. The number of hydrogen-bond acceptors (Lipinski definition) is 3. The number of rotatable bonds is 4. The number of fused-ring (bicyclic) bond motifs is 1. The molecule has 0 unspecified atom stereocenters. The number of thioether (sulfide) groups is 1. The summed E-state index contributed by atoms with van der Waals surface area (Å²) in [5.41, 5.74) is 2.90. The third-order valence-corrected chi connectivity index (χ3v) is 4.56. The van der Waals surface area contributed by atoms with Crippen molar-refractivity contribution in [3.8, 4) is 0 Å². The first-order valence-electron chi connectivity index (χ1n) is 7.52. The number of carbonyl (C=O) groups is 1. The van der Waals surface area contributed by atoms with Crippen LogP contribution >= 0.6 is 11.8 Å². The van der Waals surface area contributed by atoms with Crippen molar-refractivity contribution in [2.24, 2.45) is 0 Å². The maximum atomic E-state index is 12.3. The number of nitrogens with one attached hydrogen (secondary N) is 1. The van der Waals surface area contributed by atoms with E-state index in [1.54, 1.807) is 0 Å². The van der Waals surface area contributed by atoms with E-state index in [0.29, 0.717) is 0 Å². The number of benzene rings is 2. The summed E-state index contributed by atoms with van der Waals surface area (Å²) in [4.78, 5) is 16.9. The van der Waals surface area contributed by atoms with Crippen molar-refractivity contribution in [2.75, 3.05) is 5.32 Å². The lowest BCUT2D eigenvalue weighted by atomic mass is 10.2. The van der Waals surface area contributed by atoms with Crippen LogP contribution in [-0.2, 0) is 4.79 Å². The van der Waals surface area contributed by atoms with Crippen LogP contribution in [-0.4, -0.2) is 16.1 Å². The van der Waals surface area contributed by atoms with E-state index < -0.39 is 0 Å². The van der Waals surface area contributed by atoms with Crippen molar-refractivity contribution in [1.82, 2.24) is 4.98 Å². The molecular weight excluding hydrogens is 304 g/mol. The zero-order valence-corrected chi connectivity index (χ0v) is 13.9. The van der Waals surface area contributed by atoms with E-state index in [1.807, 2.05) is 74.5 Å². The number of hydrogen-bond donors (Lipinski definition) is 1. The maximum Gasteiger partial charge on any atom is 0.237 e. The van der Waals surface area contributed by atoms with Gasteiger partial charge in [-0.25, -0.2) is 4.98 Å². The van der Waals surface area contributed by atoms with Crippen LogP contribution < -0.4 is 5.32 Å². The highest BCUT2D eigenvalue weighted by Gasteiger charge is 2.15. The van der Waals surface area contributed by atoms with E-state index in [4.69, 9.17) is 0 Å². The summed E-state index contributed by atoms with van der Waals surface area (Å²) in [7, 11) is 0. The number of aryl methyl sites for hydroxylation is 1. The van der Waals surface area contributed by atoms with Gasteiger partial charge >= 0.3 is 0 Å². The minimum atomic E-state index is -0.218. The Balaban J connectivity index is 1.69. The highest BCUT2D eigenvalue weighted by molar-refractivity contribution is 8.00. The summed E-state index contributed by atoms with van der Waals surface area (Å²) in [5.74, 6) is -0.0180. The van der Waals surface area contributed by atoms with Gasteiger partial charge in [0.2, 0.25) is 5.91 Å². The Morgan fingerprint density at radius 1 is 1.09 bits per heavy atom. The topological polar surface area (TPSA) is 42.0 Å². The highest BCUT2D eigenvalue weighted by Crippen LogP contribution is 2.25. The summed E-state index contributed by atoms with van der Waals surface area (Å²) < 4.78 is 0. The van der Waals surface area contributed by atoms with Gasteiger partial charge in [0.05, 0.1) is 15.8 Å². The number of anilines is 1. The first kappa shape index (κ1) is 15.6. The summed E-state index contributed by atoms with van der Waals surface area (Å²) in [6, 6.07) is 19.8. The van der Waals surface area contributed by atoms with Crippen LogP contribution in [0.1, 0.15) is 12.5 Å². The Morgan fingerprint density at radius 2 is 1.91 bits per heavy atom. The van der Waals surface area contributed by atoms with Crippen molar-refractivity contribution < 1.29 is 4.79 Å². The van der Waals surface area contributed by atoms with Gasteiger partial charge in [-0.1, -0.05) is 48.2 Å². The Hall–Kier alpha value is -2.33. The van der Waals surface area contributed by atoms with Crippen LogP contribution in [0.15, 0.2) is 65.7 Å². The van der Waals surface area contributed by atoms with Gasteiger partial charge in [-0.2, -0.15) is 0 Å². The number of para-hydroxylation sites is 1. The zero-order valence-electron chi connectivity index (χ0n) is 13.1. The summed E-state index contributed by atoms with van der Waals surface area (Å²) in [5, 5.41) is 4.70. The molecule has 0 bridgehead atoms. The first-order valence-corrected chi connectivity index (χ1v) is 8.40. The molecule has 4 heteroatoms. The Bertz CT molecular complexity index is 847. The molecule has 1 aromatic heterocycles. The van der Waals surface area contributed by atoms with E-state index in [0.717, 1.165) is 27.2 Å². The number of carbonyl (C=O) groups excluding carboxylic acids is 1. The van der Waals surface area contributed by atoms with Gasteiger partial charge in [-0.05, 0) is 43.7 Å². The predicted octanol–water partition coefficient (Wildman–Crippen LogP) is 4.66. The molecular formula is C19H18N2OS. The summed E-state index contributed by atoms with van der Waals surface area (Å²) >= 11 is 1.47. The normalized spacial score (nSPS) is 12.1. The van der Waals surface area contributed by atoms with Gasteiger partial charge in [-0.3, -0.25) is 4.79 Å². The van der Waals surface area contributed by atoms with Crippen molar-refractivity contribution in [3.05, 3.63) is 66.2 Å². The molecule has 116 valence electrons. The zero-order chi connectivity index (χ0) is 16.2. The summed E-state index contributed by atoms with van der Waals surface area (Å²) in [6.07, 6.45) is 0. The molecule has 0 saturated carbocycles. The van der Waals surface area contributed by atoms with E-state index in [2.05, 4.69) is 10.3 Å². The second-order valence-corrected chi connectivity index (χ2v) is 6.82. The number of nitrogens with zero attached hydrogens (tertiary/aromatic N) is 1. The Kier molecular flexibility index (Phi) is 4.63. The van der Waals surface area contributed by atoms with Gasteiger partial charge in [0.15, 0.2) is 0 Å². The van der Waals surface area contributed by atoms with Crippen molar-refractivity contribution >= 4 is 34.3 Å². The fourth-order valence-electron chi connectivity index (χ4n) is 2.31. The molecule has 0 aliphatic heterocycles. The van der Waals surface area contributed by atoms with Gasteiger partial charge in [0, 0.05) is 11.1 Å². The van der Waals surface area contributed by atoms with Crippen LogP contribution in [0, 0.1) is 6.92 Å². The molecule has 3 aromatic rings. The van der Waals surface area contributed by atoms with E-state index in [-0.39, 0.29) is 11.2 Å². The first-order chi connectivity index (χ1) is 11.1. The average Bonchev–Trinajstić information content (AvgIpc) is 2.54. The van der Waals surface area contributed by atoms with Crippen molar-refractivity contribution in [3.63, 3.8) is 0 Å². The Morgan fingerprint density at radius 3 is 2.74 bits per heavy atom. The maximum absolute atomic E-state index is 12.3. The standard InChI is InChI=1S/C19H18N2OS/c1-13-6-5-8-16(12-13)20-19(22)14(2)23-18-11-10-15-7-3-4-9-17(15)21-18/h3-12,14H,1-2H3,(H,20,22)/t14-/m0/s1. The third kappa shape index (κ3) is 3.90. The molecule has 3 nitrogen and oxygen atoms in total. The molecule has 1 atom stereocenters. The fraction of sp³-hybridized carbons (Fsp3) is 0.158. The van der Waals surface area contributed by atoms with Gasteiger partial charge in [0.1, 0.15) is 0 Å². The lowest BCUT2D eigenvalue weighted by Crippen LogP contribution is -2.22. The average molecular weight is 322 g/mol. The number of amides is 1. The molecule has 2 aromatic carbocycles. The molecule has 0 aliphatic rings. The molecule has 0 aliphatic carbocycles. The van der Waals surface area contributed by atoms with Gasteiger partial charge < -0.3 is 5.32 Å². The Labute approximate surface area is 140 Å². The smallest absolute Gasteiger partial charge is 0.237 e. The van der Waals surface area contributed by atoms with Crippen molar-refractivity contribution in [1.29, 1.82) is 0 Å². The second-order valence-electron chi connectivity index (χ2n) is 5.46. The number of aromatic nitrogens is 1. The van der Waals surface area contributed by atoms with Crippen LogP contribution in [0.4, 0.5) is 5.69 Å². The molecule has 3 rings (SSSR count). The van der Waals surface area contributed by atoms with Gasteiger partial charge in [0.25, 0.3) is 0 Å². The molecule has 1 heterocycles. The molecule has 0 spiro atoms. The van der Waals surface area contributed by atoms with Crippen LogP contribution in [0.5, 0.6) is 0 Å². The van der Waals surface area contributed by atoms with E-state index in [1.165, 1.54) is 11.8 Å². The molecule has 23 heavy (non-hydrogen) atoms. The monoisotopic (exact) mass is 322 g/mol. The van der Waals surface area contributed by atoms with E-state index in [9.17, 15) is 4.79 Å². The minimum absolute atomic E-state index is 0.0180. The minimum Gasteiger partial charge on any atom is -0.325 e. The largest absolute Gasteiger partial charge is 0.325 e. The second kappa shape index (κ2) is 6.84. The number of pyridine rings is 1. The van der Waals surface area contributed by atoms with Crippen LogP contribution in [0.3, 0.4) is 0 Å². The lowest BCUT2D eigenvalue weighted by Gasteiger charge is -2.12. The highest BCUT2D eigenvalue weighted by atomic mass is 32.2. The molecule has 1 N–H and O–H groups in total. The molecule has 0 radical (unpaired) electrons. The fourth-order valence-corrected chi connectivity index (χ4v) is 3.14. The molecule has 0 fully saturated rings. The molecule has 1 amide bonds. The van der Waals surface area contributed by atoms with Crippen LogP contribution in [0.2, 0.25) is 0 Å².